The number of benzene rings is 1. The van der Waals surface area contributed by atoms with Gasteiger partial charge in [0, 0.05) is 31.0 Å². The molecule has 5 heteroatoms. The smallest absolute Gasteiger partial charge is 0.139 e. The standard InChI is InChI=1S/C18H19N3O2/c1-2-13-3-4-17-16(9-13)19-18-10-14(5-6-21(17)18)20-11-15(12-20)23-8-7-22/h2-6,9-10,15,22H,1,7-8,11-12H2. The highest BCUT2D eigenvalue weighted by molar-refractivity contribution is 5.83. The minimum atomic E-state index is 0.0792. The Morgan fingerprint density at radius 3 is 2.96 bits per heavy atom. The van der Waals surface area contributed by atoms with E-state index in [4.69, 9.17) is 14.8 Å². The molecule has 0 unspecified atom stereocenters. The first-order valence-electron chi connectivity index (χ1n) is 7.80. The topological polar surface area (TPSA) is 50.0 Å². The van der Waals surface area contributed by atoms with Gasteiger partial charge in [-0.2, -0.15) is 0 Å². The number of fused-ring (bicyclic) bond motifs is 3. The Balaban J connectivity index is 1.61. The summed E-state index contributed by atoms with van der Waals surface area (Å²) in [6.07, 6.45) is 4.11. The zero-order valence-corrected chi connectivity index (χ0v) is 12.9. The van der Waals surface area contributed by atoms with Crippen LogP contribution >= 0.6 is 0 Å². The monoisotopic (exact) mass is 309 g/mol. The third-order valence-electron chi connectivity index (χ3n) is 4.31. The van der Waals surface area contributed by atoms with Gasteiger partial charge in [-0.1, -0.05) is 18.7 Å². The molecule has 0 spiro atoms. The molecule has 23 heavy (non-hydrogen) atoms. The van der Waals surface area contributed by atoms with Crippen molar-refractivity contribution >= 4 is 28.4 Å². The summed E-state index contributed by atoms with van der Waals surface area (Å²) >= 11 is 0. The number of ether oxygens (including phenoxy) is 1. The molecule has 0 aliphatic carbocycles. The highest BCUT2D eigenvalue weighted by atomic mass is 16.5. The van der Waals surface area contributed by atoms with Crippen molar-refractivity contribution in [3.05, 3.63) is 48.7 Å². The second kappa shape index (κ2) is 5.68. The van der Waals surface area contributed by atoms with Gasteiger partial charge >= 0.3 is 0 Å². The molecular formula is C18H19N3O2. The summed E-state index contributed by atoms with van der Waals surface area (Å²) in [5.74, 6) is 0. The summed E-state index contributed by atoms with van der Waals surface area (Å²) in [5.41, 5.74) is 5.25. The number of hydrogen-bond acceptors (Lipinski definition) is 4. The summed E-state index contributed by atoms with van der Waals surface area (Å²) < 4.78 is 7.62. The van der Waals surface area contributed by atoms with E-state index in [2.05, 4.69) is 52.4 Å². The lowest BCUT2D eigenvalue weighted by atomic mass is 10.1. The average Bonchev–Trinajstić information content (AvgIpc) is 2.90. The minimum absolute atomic E-state index is 0.0792. The lowest BCUT2D eigenvalue weighted by molar-refractivity contribution is 0.0135. The van der Waals surface area contributed by atoms with Gasteiger partial charge in [0.1, 0.15) is 5.65 Å². The van der Waals surface area contributed by atoms with Crippen LogP contribution in [0.4, 0.5) is 5.69 Å². The summed E-state index contributed by atoms with van der Waals surface area (Å²) in [6.45, 7) is 6.01. The van der Waals surface area contributed by atoms with Crippen molar-refractivity contribution in [3.63, 3.8) is 0 Å². The predicted molar refractivity (Wildman–Crippen MR) is 91.8 cm³/mol. The minimum Gasteiger partial charge on any atom is -0.394 e. The lowest BCUT2D eigenvalue weighted by Crippen LogP contribution is -2.52. The number of aliphatic hydroxyl groups is 1. The molecule has 0 amide bonds. The SMILES string of the molecule is C=Cc1ccc2c(c1)nc1cc(N3CC(OCCO)C3)ccn12. The number of rotatable bonds is 5. The number of nitrogens with zero attached hydrogens (tertiary/aromatic N) is 3. The van der Waals surface area contributed by atoms with Crippen LogP contribution in [0.1, 0.15) is 5.56 Å². The van der Waals surface area contributed by atoms with Crippen LogP contribution in [0.25, 0.3) is 22.8 Å². The van der Waals surface area contributed by atoms with Gasteiger partial charge < -0.3 is 14.7 Å². The normalized spacial score (nSPS) is 15.3. The van der Waals surface area contributed by atoms with Crippen molar-refractivity contribution in [2.24, 2.45) is 0 Å². The van der Waals surface area contributed by atoms with Gasteiger partial charge in [-0.15, -0.1) is 0 Å². The van der Waals surface area contributed by atoms with E-state index in [0.717, 1.165) is 41.0 Å². The van der Waals surface area contributed by atoms with Crippen molar-refractivity contribution in [2.75, 3.05) is 31.2 Å². The molecule has 118 valence electrons. The molecule has 1 aliphatic rings. The Morgan fingerprint density at radius 2 is 2.17 bits per heavy atom. The summed E-state index contributed by atoms with van der Waals surface area (Å²) in [6, 6.07) is 10.4. The Labute approximate surface area is 134 Å². The third-order valence-corrected chi connectivity index (χ3v) is 4.31. The molecule has 0 atom stereocenters. The number of pyridine rings is 1. The molecule has 0 bridgehead atoms. The average molecular weight is 309 g/mol. The first-order valence-corrected chi connectivity index (χ1v) is 7.80. The van der Waals surface area contributed by atoms with Crippen molar-refractivity contribution < 1.29 is 9.84 Å². The van der Waals surface area contributed by atoms with E-state index in [1.165, 1.54) is 0 Å². The quantitative estimate of drug-likeness (QED) is 0.786. The fourth-order valence-corrected chi connectivity index (χ4v) is 3.02. The van der Waals surface area contributed by atoms with E-state index in [0.29, 0.717) is 6.61 Å². The van der Waals surface area contributed by atoms with Crippen LogP contribution < -0.4 is 4.90 Å². The molecule has 1 N–H and O–H groups in total. The van der Waals surface area contributed by atoms with Crippen molar-refractivity contribution in [1.29, 1.82) is 0 Å². The van der Waals surface area contributed by atoms with Crippen molar-refractivity contribution in [3.8, 4) is 0 Å². The molecule has 1 saturated heterocycles. The fraction of sp³-hybridized carbons (Fsp3) is 0.278. The van der Waals surface area contributed by atoms with Gasteiger partial charge in [0.25, 0.3) is 0 Å². The van der Waals surface area contributed by atoms with Crippen LogP contribution in [0, 0.1) is 0 Å². The Kier molecular flexibility index (Phi) is 3.52. The molecule has 3 heterocycles. The van der Waals surface area contributed by atoms with Crippen LogP contribution in [-0.2, 0) is 4.74 Å². The second-order valence-corrected chi connectivity index (χ2v) is 5.80. The van der Waals surface area contributed by atoms with Crippen LogP contribution in [0.15, 0.2) is 43.1 Å². The van der Waals surface area contributed by atoms with Gasteiger partial charge in [0.2, 0.25) is 0 Å². The maximum absolute atomic E-state index is 8.79. The largest absolute Gasteiger partial charge is 0.394 e. The number of anilines is 1. The van der Waals surface area contributed by atoms with Crippen LogP contribution in [0.2, 0.25) is 0 Å². The molecule has 0 saturated carbocycles. The van der Waals surface area contributed by atoms with Crippen LogP contribution in [0.3, 0.4) is 0 Å². The Morgan fingerprint density at radius 1 is 1.30 bits per heavy atom. The van der Waals surface area contributed by atoms with Crippen LogP contribution in [-0.4, -0.2) is 46.9 Å². The van der Waals surface area contributed by atoms with E-state index in [1.807, 2.05) is 6.08 Å². The molecule has 5 nitrogen and oxygen atoms in total. The Hall–Kier alpha value is -2.37. The molecule has 0 radical (unpaired) electrons. The number of aliphatic hydroxyl groups excluding tert-OH is 1. The first-order chi connectivity index (χ1) is 11.3. The van der Waals surface area contributed by atoms with Gasteiger partial charge in [0.15, 0.2) is 0 Å². The number of imidazole rings is 1. The van der Waals surface area contributed by atoms with E-state index in [-0.39, 0.29) is 12.7 Å². The predicted octanol–water partition coefficient (Wildman–Crippen LogP) is 2.33. The highest BCUT2D eigenvalue weighted by Gasteiger charge is 2.27. The fourth-order valence-electron chi connectivity index (χ4n) is 3.02. The Bertz CT molecular complexity index is 865. The van der Waals surface area contributed by atoms with Gasteiger partial charge in [-0.05, 0) is 23.8 Å². The maximum Gasteiger partial charge on any atom is 0.139 e. The van der Waals surface area contributed by atoms with Crippen LogP contribution in [0.5, 0.6) is 0 Å². The van der Waals surface area contributed by atoms with E-state index in [9.17, 15) is 0 Å². The molecule has 2 aromatic heterocycles. The van der Waals surface area contributed by atoms with E-state index < -0.39 is 0 Å². The van der Waals surface area contributed by atoms with Gasteiger partial charge in [0.05, 0.1) is 30.4 Å². The second-order valence-electron chi connectivity index (χ2n) is 5.80. The number of hydrogen-bond donors (Lipinski definition) is 1. The zero-order chi connectivity index (χ0) is 15.8. The molecule has 4 rings (SSSR count). The highest BCUT2D eigenvalue weighted by Crippen LogP contribution is 2.26. The molecule has 1 aromatic carbocycles. The van der Waals surface area contributed by atoms with Crippen molar-refractivity contribution in [2.45, 2.75) is 6.10 Å². The molecule has 3 aromatic rings. The van der Waals surface area contributed by atoms with E-state index in [1.54, 1.807) is 0 Å². The van der Waals surface area contributed by atoms with E-state index >= 15 is 0 Å². The summed E-state index contributed by atoms with van der Waals surface area (Å²) in [5, 5.41) is 8.79. The molecular weight excluding hydrogens is 290 g/mol. The van der Waals surface area contributed by atoms with Gasteiger partial charge in [-0.25, -0.2) is 4.98 Å². The zero-order valence-electron chi connectivity index (χ0n) is 12.9. The van der Waals surface area contributed by atoms with Crippen molar-refractivity contribution in [1.82, 2.24) is 9.38 Å². The first kappa shape index (κ1) is 14.2. The summed E-state index contributed by atoms with van der Waals surface area (Å²) in [7, 11) is 0. The molecule has 1 aliphatic heterocycles. The lowest BCUT2D eigenvalue weighted by Gasteiger charge is -2.40. The maximum atomic E-state index is 8.79. The number of aromatic nitrogens is 2. The third kappa shape index (κ3) is 2.48. The summed E-state index contributed by atoms with van der Waals surface area (Å²) in [4.78, 5) is 6.98. The van der Waals surface area contributed by atoms with Gasteiger partial charge in [-0.3, -0.25) is 4.40 Å². The molecule has 1 fully saturated rings.